The van der Waals surface area contributed by atoms with Crippen molar-refractivity contribution in [1.82, 2.24) is 5.32 Å². The van der Waals surface area contributed by atoms with E-state index in [0.717, 1.165) is 4.90 Å². The SMILES string of the molecule is CNCC(O)CS(=O)c1ccc(C(C)C)cc1. The summed E-state index contributed by atoms with van der Waals surface area (Å²) in [5, 5.41) is 12.4. The van der Waals surface area contributed by atoms with Gasteiger partial charge in [-0.05, 0) is 30.7 Å². The fourth-order valence-corrected chi connectivity index (χ4v) is 2.67. The Morgan fingerprint density at radius 2 is 1.88 bits per heavy atom. The molecule has 0 saturated heterocycles. The number of hydrogen-bond donors (Lipinski definition) is 2. The molecule has 0 heterocycles. The van der Waals surface area contributed by atoms with Crippen molar-refractivity contribution in [2.24, 2.45) is 0 Å². The highest BCUT2D eigenvalue weighted by Crippen LogP contribution is 2.16. The summed E-state index contributed by atoms with van der Waals surface area (Å²) in [6, 6.07) is 7.78. The molecule has 96 valence electrons. The van der Waals surface area contributed by atoms with E-state index in [1.807, 2.05) is 24.3 Å². The van der Waals surface area contributed by atoms with Gasteiger partial charge in [-0.2, -0.15) is 0 Å². The summed E-state index contributed by atoms with van der Waals surface area (Å²) in [4.78, 5) is 0.782. The molecular weight excluding hydrogens is 234 g/mol. The van der Waals surface area contributed by atoms with E-state index in [1.54, 1.807) is 7.05 Å². The Kier molecular flexibility index (Phi) is 5.82. The van der Waals surface area contributed by atoms with Crippen LogP contribution in [0.25, 0.3) is 0 Å². The molecule has 0 fully saturated rings. The summed E-state index contributed by atoms with van der Waals surface area (Å²) >= 11 is 0. The Morgan fingerprint density at radius 1 is 1.29 bits per heavy atom. The van der Waals surface area contributed by atoms with E-state index in [0.29, 0.717) is 12.5 Å². The Hall–Kier alpha value is -0.710. The third-order valence-electron chi connectivity index (χ3n) is 2.59. The minimum absolute atomic E-state index is 0.280. The highest BCUT2D eigenvalue weighted by molar-refractivity contribution is 7.85. The van der Waals surface area contributed by atoms with Gasteiger partial charge in [0.05, 0.1) is 22.7 Å². The van der Waals surface area contributed by atoms with Crippen molar-refractivity contribution in [3.05, 3.63) is 29.8 Å². The van der Waals surface area contributed by atoms with Gasteiger partial charge in [0.1, 0.15) is 0 Å². The van der Waals surface area contributed by atoms with E-state index < -0.39 is 16.9 Å². The van der Waals surface area contributed by atoms with Crippen LogP contribution in [0.2, 0.25) is 0 Å². The van der Waals surface area contributed by atoms with Gasteiger partial charge < -0.3 is 10.4 Å². The normalized spacial score (nSPS) is 14.9. The van der Waals surface area contributed by atoms with Crippen LogP contribution in [0.5, 0.6) is 0 Å². The molecule has 17 heavy (non-hydrogen) atoms. The molecule has 0 bridgehead atoms. The second-order valence-corrected chi connectivity index (χ2v) is 5.94. The third kappa shape index (κ3) is 4.58. The minimum atomic E-state index is -1.13. The first-order valence-corrected chi connectivity index (χ1v) is 7.17. The van der Waals surface area contributed by atoms with Crippen LogP contribution >= 0.6 is 0 Å². The van der Waals surface area contributed by atoms with Crippen LogP contribution in [-0.2, 0) is 10.8 Å². The highest BCUT2D eigenvalue weighted by atomic mass is 32.2. The minimum Gasteiger partial charge on any atom is -0.391 e. The van der Waals surface area contributed by atoms with Gasteiger partial charge in [0, 0.05) is 11.4 Å². The second kappa shape index (κ2) is 6.89. The van der Waals surface area contributed by atoms with Gasteiger partial charge >= 0.3 is 0 Å². The van der Waals surface area contributed by atoms with Crippen molar-refractivity contribution in [3.8, 4) is 0 Å². The molecule has 1 rings (SSSR count). The van der Waals surface area contributed by atoms with Crippen molar-refractivity contribution < 1.29 is 9.32 Å². The lowest BCUT2D eigenvalue weighted by Crippen LogP contribution is -2.28. The third-order valence-corrected chi connectivity index (χ3v) is 4.08. The maximum absolute atomic E-state index is 11.9. The van der Waals surface area contributed by atoms with Gasteiger partial charge in [-0.3, -0.25) is 4.21 Å². The zero-order chi connectivity index (χ0) is 12.8. The van der Waals surface area contributed by atoms with E-state index in [2.05, 4.69) is 19.2 Å². The maximum Gasteiger partial charge on any atom is 0.0783 e. The molecule has 1 aromatic rings. The fourth-order valence-electron chi connectivity index (χ4n) is 1.57. The van der Waals surface area contributed by atoms with Crippen LogP contribution in [0.4, 0.5) is 0 Å². The molecule has 2 atom stereocenters. The average molecular weight is 255 g/mol. The molecular formula is C13H21NO2S. The molecule has 0 aliphatic heterocycles. The zero-order valence-electron chi connectivity index (χ0n) is 10.6. The summed E-state index contributed by atoms with van der Waals surface area (Å²) in [7, 11) is 0.641. The van der Waals surface area contributed by atoms with Gasteiger partial charge in [-0.15, -0.1) is 0 Å². The largest absolute Gasteiger partial charge is 0.391 e. The van der Waals surface area contributed by atoms with E-state index in [1.165, 1.54) is 5.56 Å². The molecule has 0 amide bonds. The molecule has 0 aliphatic carbocycles. The Bertz CT molecular complexity index is 362. The molecule has 0 aromatic heterocycles. The van der Waals surface area contributed by atoms with E-state index in [9.17, 15) is 9.32 Å². The van der Waals surface area contributed by atoms with Gasteiger partial charge in [-0.1, -0.05) is 26.0 Å². The first-order valence-electron chi connectivity index (χ1n) is 5.85. The van der Waals surface area contributed by atoms with E-state index >= 15 is 0 Å². The Labute approximate surface area is 106 Å². The van der Waals surface area contributed by atoms with Gasteiger partial charge in [0.2, 0.25) is 0 Å². The molecule has 2 unspecified atom stereocenters. The smallest absolute Gasteiger partial charge is 0.0783 e. The molecule has 0 saturated carbocycles. The van der Waals surface area contributed by atoms with Crippen LogP contribution in [0.15, 0.2) is 29.2 Å². The van der Waals surface area contributed by atoms with Crippen molar-refractivity contribution in [2.45, 2.75) is 30.8 Å². The molecule has 2 N–H and O–H groups in total. The van der Waals surface area contributed by atoms with Crippen molar-refractivity contribution in [2.75, 3.05) is 19.3 Å². The zero-order valence-corrected chi connectivity index (χ0v) is 11.5. The molecule has 3 nitrogen and oxygen atoms in total. The number of rotatable bonds is 6. The fraction of sp³-hybridized carbons (Fsp3) is 0.538. The number of nitrogens with one attached hydrogen (secondary N) is 1. The van der Waals surface area contributed by atoms with Crippen molar-refractivity contribution in [1.29, 1.82) is 0 Å². The molecule has 4 heteroatoms. The second-order valence-electron chi connectivity index (χ2n) is 4.45. The van der Waals surface area contributed by atoms with Gasteiger partial charge in [0.15, 0.2) is 0 Å². The summed E-state index contributed by atoms with van der Waals surface area (Å²) < 4.78 is 11.9. The van der Waals surface area contributed by atoms with Crippen LogP contribution in [0.3, 0.4) is 0 Å². The number of aliphatic hydroxyl groups is 1. The summed E-state index contributed by atoms with van der Waals surface area (Å²) in [5.41, 5.74) is 1.24. The summed E-state index contributed by atoms with van der Waals surface area (Å²) in [6.45, 7) is 4.72. The molecule has 1 aromatic carbocycles. The van der Waals surface area contributed by atoms with Crippen molar-refractivity contribution >= 4 is 10.8 Å². The quantitative estimate of drug-likeness (QED) is 0.810. The predicted octanol–water partition coefficient (Wildman–Crippen LogP) is 1.50. The predicted molar refractivity (Wildman–Crippen MR) is 71.7 cm³/mol. The first kappa shape index (κ1) is 14.4. The van der Waals surface area contributed by atoms with Crippen molar-refractivity contribution in [3.63, 3.8) is 0 Å². The summed E-state index contributed by atoms with van der Waals surface area (Å²) in [6.07, 6.45) is -0.564. The lowest BCUT2D eigenvalue weighted by Gasteiger charge is -2.10. The Balaban J connectivity index is 2.63. The lowest BCUT2D eigenvalue weighted by molar-refractivity contribution is 0.198. The standard InChI is InChI=1S/C13H21NO2S/c1-10(2)11-4-6-13(7-5-11)17(16)9-12(15)8-14-3/h4-7,10,12,14-15H,8-9H2,1-3H3. The van der Waals surface area contributed by atoms with Gasteiger partial charge in [0.25, 0.3) is 0 Å². The number of likely N-dealkylation sites (N-methyl/N-ethyl adjacent to an activating group) is 1. The van der Waals surface area contributed by atoms with E-state index in [4.69, 9.17) is 0 Å². The molecule has 0 aliphatic rings. The van der Waals surface area contributed by atoms with E-state index in [-0.39, 0.29) is 5.75 Å². The maximum atomic E-state index is 11.9. The van der Waals surface area contributed by atoms with Crippen LogP contribution < -0.4 is 5.32 Å². The highest BCUT2D eigenvalue weighted by Gasteiger charge is 2.10. The van der Waals surface area contributed by atoms with Crippen LogP contribution in [-0.4, -0.2) is 34.8 Å². The first-order chi connectivity index (χ1) is 8.04. The van der Waals surface area contributed by atoms with Gasteiger partial charge in [-0.25, -0.2) is 0 Å². The molecule has 0 spiro atoms. The average Bonchev–Trinajstić information content (AvgIpc) is 2.29. The topological polar surface area (TPSA) is 49.3 Å². The summed E-state index contributed by atoms with van der Waals surface area (Å²) in [5.74, 6) is 0.759. The monoisotopic (exact) mass is 255 g/mol. The van der Waals surface area contributed by atoms with Crippen LogP contribution in [0.1, 0.15) is 25.3 Å². The number of hydrogen-bond acceptors (Lipinski definition) is 3. The number of benzene rings is 1. The lowest BCUT2D eigenvalue weighted by atomic mass is 10.0. The van der Waals surface area contributed by atoms with Crippen LogP contribution in [0, 0.1) is 0 Å². The number of aliphatic hydroxyl groups excluding tert-OH is 1. The molecule has 0 radical (unpaired) electrons. The Morgan fingerprint density at radius 3 is 2.35 bits per heavy atom.